The highest BCUT2D eigenvalue weighted by Crippen LogP contribution is 2.53. The Labute approximate surface area is 153 Å². The number of aromatic amines is 1. The summed E-state index contributed by atoms with van der Waals surface area (Å²) in [4.78, 5) is 15.4. The van der Waals surface area contributed by atoms with E-state index in [1.165, 1.54) is 19.3 Å². The van der Waals surface area contributed by atoms with Crippen LogP contribution in [0.5, 0.6) is 5.75 Å². The van der Waals surface area contributed by atoms with Crippen molar-refractivity contribution in [2.75, 3.05) is 18.6 Å². The van der Waals surface area contributed by atoms with E-state index in [-0.39, 0.29) is 0 Å². The third-order valence-corrected chi connectivity index (χ3v) is 6.26. The molecular formula is C21H26N4O. The Morgan fingerprint density at radius 2 is 2.04 bits per heavy atom. The molecule has 5 nitrogen and oxygen atoms in total. The van der Waals surface area contributed by atoms with Gasteiger partial charge in [0.25, 0.3) is 0 Å². The smallest absolute Gasteiger partial charge is 0.156 e. The standard InChI is InChI=1S/C21H26N4O/c1-20(2)8-13-9-21(3,10-20)11-25(13)19-18-17(22-12-23-19)16-14(24-18)6-5-7-15(16)26-4/h5-7,12-13,24H,8-11H2,1-4H3/t13-,21-/m1/s1. The van der Waals surface area contributed by atoms with Gasteiger partial charge in [0, 0.05) is 12.6 Å². The van der Waals surface area contributed by atoms with Crippen LogP contribution in [0.1, 0.15) is 40.0 Å². The maximum absolute atomic E-state index is 5.58. The number of aromatic nitrogens is 3. The summed E-state index contributed by atoms with van der Waals surface area (Å²) in [6.07, 6.45) is 5.46. The number of methoxy groups -OCH3 is 1. The summed E-state index contributed by atoms with van der Waals surface area (Å²) in [7, 11) is 1.71. The predicted molar refractivity (Wildman–Crippen MR) is 105 cm³/mol. The number of hydrogen-bond acceptors (Lipinski definition) is 4. The Balaban J connectivity index is 1.69. The lowest BCUT2D eigenvalue weighted by Crippen LogP contribution is -2.35. The molecule has 1 aliphatic heterocycles. The molecule has 2 aromatic heterocycles. The van der Waals surface area contributed by atoms with Gasteiger partial charge in [0.05, 0.1) is 18.0 Å². The van der Waals surface area contributed by atoms with Gasteiger partial charge in [0.15, 0.2) is 5.82 Å². The van der Waals surface area contributed by atoms with E-state index in [2.05, 4.69) is 41.7 Å². The van der Waals surface area contributed by atoms with E-state index in [4.69, 9.17) is 9.72 Å². The maximum Gasteiger partial charge on any atom is 0.156 e. The molecule has 0 amide bonds. The molecule has 2 bridgehead atoms. The van der Waals surface area contributed by atoms with Crippen LogP contribution >= 0.6 is 0 Å². The molecule has 0 unspecified atom stereocenters. The number of fused-ring (bicyclic) bond motifs is 5. The molecule has 0 radical (unpaired) electrons. The number of nitrogens with zero attached hydrogens (tertiary/aromatic N) is 3. The van der Waals surface area contributed by atoms with Gasteiger partial charge in [-0.2, -0.15) is 0 Å². The van der Waals surface area contributed by atoms with E-state index in [0.29, 0.717) is 16.9 Å². The lowest BCUT2D eigenvalue weighted by Gasteiger charge is -2.39. The van der Waals surface area contributed by atoms with Crippen LogP contribution in [0.3, 0.4) is 0 Å². The lowest BCUT2D eigenvalue weighted by molar-refractivity contribution is 0.136. The van der Waals surface area contributed by atoms with Crippen LogP contribution in [-0.2, 0) is 0 Å². The predicted octanol–water partition coefficient (Wildman–Crippen LogP) is 4.52. The van der Waals surface area contributed by atoms with Gasteiger partial charge in [0.2, 0.25) is 0 Å². The van der Waals surface area contributed by atoms with Crippen LogP contribution < -0.4 is 9.64 Å². The normalized spacial score (nSPS) is 27.4. The van der Waals surface area contributed by atoms with Gasteiger partial charge < -0.3 is 14.6 Å². The van der Waals surface area contributed by atoms with Crippen LogP contribution in [0.4, 0.5) is 5.82 Å². The lowest BCUT2D eigenvalue weighted by atomic mass is 9.65. The summed E-state index contributed by atoms with van der Waals surface area (Å²) in [6.45, 7) is 8.32. The number of H-pyrrole nitrogens is 1. The van der Waals surface area contributed by atoms with Gasteiger partial charge in [-0.3, -0.25) is 0 Å². The first-order chi connectivity index (χ1) is 12.4. The van der Waals surface area contributed by atoms with Crippen molar-refractivity contribution in [2.45, 2.75) is 46.1 Å². The second kappa shape index (κ2) is 5.12. The first kappa shape index (κ1) is 15.9. The average molecular weight is 350 g/mol. The van der Waals surface area contributed by atoms with Crippen LogP contribution in [0.25, 0.3) is 21.9 Å². The van der Waals surface area contributed by atoms with Gasteiger partial charge in [0.1, 0.15) is 23.1 Å². The molecule has 1 saturated heterocycles. The van der Waals surface area contributed by atoms with Gasteiger partial charge in [-0.15, -0.1) is 0 Å². The van der Waals surface area contributed by atoms with Crippen molar-refractivity contribution in [3.63, 3.8) is 0 Å². The zero-order valence-electron chi connectivity index (χ0n) is 16.0. The van der Waals surface area contributed by atoms with E-state index in [9.17, 15) is 0 Å². The minimum absolute atomic E-state index is 0.368. The van der Waals surface area contributed by atoms with E-state index < -0.39 is 0 Å². The van der Waals surface area contributed by atoms with Crippen molar-refractivity contribution in [1.29, 1.82) is 0 Å². The fourth-order valence-corrected chi connectivity index (χ4v) is 5.79. The fraction of sp³-hybridized carbons (Fsp3) is 0.524. The Morgan fingerprint density at radius 3 is 2.85 bits per heavy atom. The molecule has 26 heavy (non-hydrogen) atoms. The van der Waals surface area contributed by atoms with Crippen molar-refractivity contribution in [1.82, 2.24) is 15.0 Å². The molecule has 3 aromatic rings. The highest BCUT2D eigenvalue weighted by atomic mass is 16.5. The van der Waals surface area contributed by atoms with Crippen LogP contribution in [-0.4, -0.2) is 34.6 Å². The van der Waals surface area contributed by atoms with E-state index in [1.54, 1.807) is 13.4 Å². The number of hydrogen-bond donors (Lipinski definition) is 1. The van der Waals surface area contributed by atoms with Crippen LogP contribution in [0.2, 0.25) is 0 Å². The van der Waals surface area contributed by atoms with Crippen molar-refractivity contribution in [2.24, 2.45) is 10.8 Å². The molecule has 1 N–H and O–H groups in total. The van der Waals surface area contributed by atoms with Gasteiger partial charge >= 0.3 is 0 Å². The minimum Gasteiger partial charge on any atom is -0.496 e. The first-order valence-corrected chi connectivity index (χ1v) is 9.45. The summed E-state index contributed by atoms with van der Waals surface area (Å²) in [6, 6.07) is 6.63. The summed E-state index contributed by atoms with van der Waals surface area (Å²) in [5.74, 6) is 1.89. The molecule has 2 aliphatic rings. The fourth-order valence-electron chi connectivity index (χ4n) is 5.79. The molecule has 0 spiro atoms. The molecule has 136 valence electrons. The number of nitrogens with one attached hydrogen (secondary N) is 1. The van der Waals surface area contributed by atoms with Crippen molar-refractivity contribution in [3.05, 3.63) is 24.5 Å². The molecule has 5 heteroatoms. The van der Waals surface area contributed by atoms with Crippen LogP contribution in [0.15, 0.2) is 24.5 Å². The second-order valence-corrected chi connectivity index (χ2v) is 9.27. The largest absolute Gasteiger partial charge is 0.496 e. The Hall–Kier alpha value is -2.30. The highest BCUT2D eigenvalue weighted by Gasteiger charge is 2.50. The third kappa shape index (κ3) is 2.22. The summed E-state index contributed by atoms with van der Waals surface area (Å²) >= 11 is 0. The molecule has 3 heterocycles. The zero-order chi connectivity index (χ0) is 18.1. The number of ether oxygens (including phenoxy) is 1. The topological polar surface area (TPSA) is 54.0 Å². The molecule has 5 rings (SSSR count). The molecule has 2 fully saturated rings. The minimum atomic E-state index is 0.368. The van der Waals surface area contributed by atoms with Gasteiger partial charge in [-0.1, -0.05) is 26.8 Å². The summed E-state index contributed by atoms with van der Waals surface area (Å²) < 4.78 is 5.58. The molecule has 1 aliphatic carbocycles. The van der Waals surface area contributed by atoms with Crippen molar-refractivity contribution >= 4 is 27.8 Å². The SMILES string of the molecule is COc1cccc2[nH]c3c(N4C[C@]5(C)C[C@H]4CC(C)(C)C5)ncnc3c12. The second-order valence-electron chi connectivity index (χ2n) is 9.27. The molecule has 1 aromatic carbocycles. The van der Waals surface area contributed by atoms with Gasteiger partial charge in [-0.25, -0.2) is 9.97 Å². The number of anilines is 1. The van der Waals surface area contributed by atoms with E-state index in [1.807, 2.05) is 12.1 Å². The maximum atomic E-state index is 5.58. The highest BCUT2D eigenvalue weighted by molar-refractivity contribution is 6.11. The Bertz CT molecular complexity index is 1010. The van der Waals surface area contributed by atoms with Crippen LogP contribution in [0, 0.1) is 10.8 Å². The number of benzene rings is 1. The first-order valence-electron chi connectivity index (χ1n) is 9.45. The summed E-state index contributed by atoms with van der Waals surface area (Å²) in [5, 5.41) is 1.04. The van der Waals surface area contributed by atoms with E-state index >= 15 is 0 Å². The monoisotopic (exact) mass is 350 g/mol. The summed E-state index contributed by atoms with van der Waals surface area (Å²) in [5.41, 5.74) is 3.79. The van der Waals surface area contributed by atoms with Crippen molar-refractivity contribution in [3.8, 4) is 5.75 Å². The Kier molecular flexibility index (Phi) is 3.13. The van der Waals surface area contributed by atoms with Gasteiger partial charge in [-0.05, 0) is 42.2 Å². The molecular weight excluding hydrogens is 324 g/mol. The molecule has 1 saturated carbocycles. The quantitative estimate of drug-likeness (QED) is 0.738. The average Bonchev–Trinajstić information content (AvgIpc) is 3.08. The third-order valence-electron chi connectivity index (χ3n) is 6.26. The zero-order valence-corrected chi connectivity index (χ0v) is 16.0. The molecule has 2 atom stereocenters. The number of rotatable bonds is 2. The van der Waals surface area contributed by atoms with E-state index in [0.717, 1.165) is 40.0 Å². The van der Waals surface area contributed by atoms with Crippen molar-refractivity contribution < 1.29 is 4.74 Å². The Morgan fingerprint density at radius 1 is 1.19 bits per heavy atom.